The molecule has 0 spiro atoms. The largest absolute Gasteiger partial charge is 0.256 e. The second-order valence-corrected chi connectivity index (χ2v) is 14.3. The van der Waals surface area contributed by atoms with Crippen molar-refractivity contribution in [1.29, 1.82) is 0 Å². The molecule has 6 aliphatic carbocycles. The summed E-state index contributed by atoms with van der Waals surface area (Å²) >= 11 is 0. The Labute approximate surface area is 324 Å². The van der Waals surface area contributed by atoms with Gasteiger partial charge in [0.25, 0.3) is 0 Å². The fraction of sp³-hybridized carbons (Fsp3) is 0.275. The van der Waals surface area contributed by atoms with Gasteiger partial charge in [0.2, 0.25) is 0 Å². The summed E-state index contributed by atoms with van der Waals surface area (Å²) in [5.41, 5.74) is 17.4. The van der Waals surface area contributed by atoms with Crippen LogP contribution in [0.4, 0.5) is 0 Å². The molecular weight excluding hydrogens is 655 g/mol. The molecule has 0 amide bonds. The van der Waals surface area contributed by atoms with Crippen molar-refractivity contribution in [3.8, 4) is 0 Å². The predicted octanol–water partition coefficient (Wildman–Crippen LogP) is 13.7. The van der Waals surface area contributed by atoms with Crippen molar-refractivity contribution in [2.75, 3.05) is 0 Å². The van der Waals surface area contributed by atoms with Gasteiger partial charge in [-0.3, -0.25) is 4.98 Å². The molecule has 2 heterocycles. The molecule has 274 valence electrons. The Kier molecular flexibility index (Phi) is 13.2. The van der Waals surface area contributed by atoms with Crippen LogP contribution in [0.3, 0.4) is 0 Å². The normalized spacial score (nSPS) is 20.1. The molecule has 0 aromatic carbocycles. The van der Waals surface area contributed by atoms with Crippen LogP contribution < -0.4 is 0 Å². The van der Waals surface area contributed by atoms with Crippen LogP contribution >= 0.6 is 0 Å². The van der Waals surface area contributed by atoms with Gasteiger partial charge in [-0.1, -0.05) is 134 Å². The van der Waals surface area contributed by atoms with Crippen molar-refractivity contribution in [2.24, 2.45) is 5.92 Å². The Morgan fingerprint density at radius 2 is 1.43 bits per heavy atom. The van der Waals surface area contributed by atoms with Crippen molar-refractivity contribution in [1.82, 2.24) is 15.0 Å². The van der Waals surface area contributed by atoms with Crippen LogP contribution in [0, 0.1) is 12.8 Å². The predicted molar refractivity (Wildman–Crippen MR) is 232 cm³/mol. The van der Waals surface area contributed by atoms with Gasteiger partial charge in [-0.2, -0.15) is 0 Å². The lowest BCUT2D eigenvalue weighted by atomic mass is 9.76. The van der Waals surface area contributed by atoms with Crippen LogP contribution in [-0.2, 0) is 0 Å². The summed E-state index contributed by atoms with van der Waals surface area (Å²) in [5, 5.41) is 0. The van der Waals surface area contributed by atoms with Crippen LogP contribution in [0.2, 0.25) is 0 Å². The lowest BCUT2D eigenvalue weighted by molar-refractivity contribution is 0.897. The van der Waals surface area contributed by atoms with E-state index in [1.54, 1.807) is 0 Å². The minimum Gasteiger partial charge on any atom is -0.256 e. The first kappa shape index (κ1) is 38.3. The van der Waals surface area contributed by atoms with E-state index in [0.29, 0.717) is 5.92 Å². The highest BCUT2D eigenvalue weighted by Crippen LogP contribution is 2.43. The quantitative estimate of drug-likeness (QED) is 0.310. The Morgan fingerprint density at radius 1 is 0.667 bits per heavy atom. The van der Waals surface area contributed by atoms with E-state index in [1.165, 1.54) is 61.3 Å². The Morgan fingerprint density at radius 3 is 2.15 bits per heavy atom. The zero-order valence-electron chi connectivity index (χ0n) is 33.1. The highest BCUT2D eigenvalue weighted by atomic mass is 14.9. The van der Waals surface area contributed by atoms with Gasteiger partial charge >= 0.3 is 0 Å². The van der Waals surface area contributed by atoms with Crippen molar-refractivity contribution >= 4 is 22.3 Å². The van der Waals surface area contributed by atoms with Crippen LogP contribution in [-0.4, -0.2) is 15.0 Å². The molecule has 2 aromatic rings. The van der Waals surface area contributed by atoms with Gasteiger partial charge in [-0.25, -0.2) is 9.97 Å². The first-order valence-electron chi connectivity index (χ1n) is 19.9. The second kappa shape index (κ2) is 18.6. The third-order valence-electron chi connectivity index (χ3n) is 10.3. The lowest BCUT2D eigenvalue weighted by Gasteiger charge is -2.28. The fourth-order valence-corrected chi connectivity index (χ4v) is 7.51. The van der Waals surface area contributed by atoms with Gasteiger partial charge in [0.05, 0.1) is 17.1 Å². The zero-order valence-corrected chi connectivity index (χ0v) is 33.1. The van der Waals surface area contributed by atoms with Gasteiger partial charge in [-0.05, 0) is 130 Å². The fourth-order valence-electron chi connectivity index (χ4n) is 7.51. The lowest BCUT2D eigenvalue weighted by Crippen LogP contribution is -2.13. The minimum atomic E-state index is 0.303. The topological polar surface area (TPSA) is 38.7 Å². The van der Waals surface area contributed by atoms with Crippen LogP contribution in [0.1, 0.15) is 108 Å². The first-order valence-corrected chi connectivity index (χ1v) is 19.9. The number of allylic oxidation sites excluding steroid dienone is 28. The van der Waals surface area contributed by atoms with E-state index in [0.717, 1.165) is 67.9 Å². The smallest absolute Gasteiger partial charge is 0.156 e. The van der Waals surface area contributed by atoms with E-state index >= 15 is 0 Å². The number of fused-ring (bicyclic) bond motifs is 1. The van der Waals surface area contributed by atoms with Gasteiger partial charge in [0.15, 0.2) is 5.82 Å². The maximum Gasteiger partial charge on any atom is 0.156 e. The molecule has 54 heavy (non-hydrogen) atoms. The molecule has 0 aliphatic heterocycles. The van der Waals surface area contributed by atoms with Crippen LogP contribution in [0.25, 0.3) is 22.3 Å². The molecule has 0 bridgehead atoms. The summed E-state index contributed by atoms with van der Waals surface area (Å²) in [6.45, 7) is 12.7. The second-order valence-electron chi connectivity index (χ2n) is 14.3. The zero-order chi connectivity index (χ0) is 37.9. The molecule has 0 fully saturated rings. The standard InChI is InChI=1S/C25H25N.C24H24N2.C2H6/c1-17-9-7-10-18(2)24-22(17)15-21(20-12-5-4-6-13-20)16-23(24)25-19(3)11-8-14-26-25;1-18-10-8-9-15-21(16-18)24-25-22(19-11-4-2-5-12-19)17-23(26-24)20-13-6-3-7-14-20;1-2/h5,7-16,22H,4,6H2,1-3H3;2,4,6,8-11,13-14,16-17H,3,5,7,12,15H2,1H3;1-2H3. The van der Waals surface area contributed by atoms with E-state index in [4.69, 9.17) is 15.0 Å². The molecule has 3 nitrogen and oxygen atoms in total. The van der Waals surface area contributed by atoms with Crippen LogP contribution in [0.5, 0.6) is 0 Å². The Hall–Kier alpha value is -5.41. The van der Waals surface area contributed by atoms with Gasteiger partial charge < -0.3 is 0 Å². The summed E-state index contributed by atoms with van der Waals surface area (Å²) in [7, 11) is 0. The van der Waals surface area contributed by atoms with E-state index in [1.807, 2.05) is 26.1 Å². The van der Waals surface area contributed by atoms with Crippen molar-refractivity contribution in [3.63, 3.8) is 0 Å². The number of rotatable bonds is 5. The van der Waals surface area contributed by atoms with E-state index in [9.17, 15) is 0 Å². The molecule has 1 atom stereocenters. The van der Waals surface area contributed by atoms with Crippen molar-refractivity contribution < 1.29 is 0 Å². The molecule has 0 N–H and O–H groups in total. The number of pyridine rings is 1. The monoisotopic (exact) mass is 709 g/mol. The molecule has 6 aliphatic rings. The van der Waals surface area contributed by atoms with Crippen molar-refractivity contribution in [2.45, 2.75) is 86.5 Å². The van der Waals surface area contributed by atoms with Gasteiger partial charge in [0.1, 0.15) is 0 Å². The molecule has 0 saturated carbocycles. The number of hydrogen-bond donors (Lipinski definition) is 0. The average Bonchev–Trinajstić information content (AvgIpc) is 3.54. The number of aryl methyl sites for hydroxylation is 1. The Bertz CT molecular complexity index is 2190. The molecule has 3 heteroatoms. The van der Waals surface area contributed by atoms with Gasteiger partial charge in [0, 0.05) is 23.3 Å². The minimum absolute atomic E-state index is 0.303. The number of hydrogen-bond acceptors (Lipinski definition) is 3. The Balaban J connectivity index is 0.000000176. The average molecular weight is 710 g/mol. The SMILES string of the molecule is CC.CC1=CC=CC(C)=C2C(c3ncccc3C)=CC(C3=CCCC=C3)=CC12.CC1=CC=CCC(c2nc(C3=CCCC=C3)cc(C3=CC=CCC3)n2)=C1. The third kappa shape index (κ3) is 9.20. The maximum absolute atomic E-state index is 4.96. The van der Waals surface area contributed by atoms with E-state index in [2.05, 4.69) is 149 Å². The number of aromatic nitrogens is 3. The summed E-state index contributed by atoms with van der Waals surface area (Å²) in [5.74, 6) is 1.16. The van der Waals surface area contributed by atoms with E-state index in [-0.39, 0.29) is 0 Å². The van der Waals surface area contributed by atoms with Crippen LogP contribution in [0.15, 0.2) is 167 Å². The molecular formula is C51H55N3. The highest BCUT2D eigenvalue weighted by Gasteiger charge is 2.28. The first-order chi connectivity index (χ1) is 26.4. The summed E-state index contributed by atoms with van der Waals surface area (Å²) in [6, 6.07) is 6.33. The molecule has 1 unspecified atom stereocenters. The van der Waals surface area contributed by atoms with Gasteiger partial charge in [-0.15, -0.1) is 0 Å². The summed E-state index contributed by atoms with van der Waals surface area (Å²) in [4.78, 5) is 14.7. The highest BCUT2D eigenvalue weighted by molar-refractivity contribution is 5.87. The summed E-state index contributed by atoms with van der Waals surface area (Å²) in [6.07, 6.45) is 49.6. The third-order valence-corrected chi connectivity index (χ3v) is 10.3. The molecule has 8 rings (SSSR count). The molecule has 0 radical (unpaired) electrons. The molecule has 2 aromatic heterocycles. The van der Waals surface area contributed by atoms with Crippen molar-refractivity contribution in [3.05, 3.63) is 196 Å². The number of nitrogens with zero attached hydrogens (tertiary/aromatic N) is 3. The molecule has 0 saturated heterocycles. The maximum atomic E-state index is 4.96. The summed E-state index contributed by atoms with van der Waals surface area (Å²) < 4.78 is 0. The van der Waals surface area contributed by atoms with E-state index < -0.39 is 0 Å².